The Morgan fingerprint density at radius 3 is 2.95 bits per heavy atom. The van der Waals surface area contributed by atoms with Crippen LogP contribution in [0.3, 0.4) is 0 Å². The van der Waals surface area contributed by atoms with E-state index < -0.39 is 30.0 Å². The molecular formula is C9H14N6O4. The largest absolute Gasteiger partial charge is 0.481 e. The van der Waals surface area contributed by atoms with E-state index in [1.165, 1.54) is 0 Å². The van der Waals surface area contributed by atoms with Crippen LogP contribution >= 0.6 is 0 Å². The van der Waals surface area contributed by atoms with Crippen molar-refractivity contribution in [3.8, 4) is 0 Å². The van der Waals surface area contributed by atoms with Crippen LogP contribution in [0.1, 0.15) is 18.8 Å². The highest BCUT2D eigenvalue weighted by atomic mass is 16.5. The number of carbonyl (C=O) groups excluding carboxylic acids is 1. The third kappa shape index (κ3) is 3.16. The Balaban J connectivity index is 1.86. The van der Waals surface area contributed by atoms with E-state index in [0.29, 0.717) is 5.82 Å². The zero-order chi connectivity index (χ0) is 13.8. The summed E-state index contributed by atoms with van der Waals surface area (Å²) in [5, 5.41) is 27.2. The summed E-state index contributed by atoms with van der Waals surface area (Å²) in [6, 6.07) is -1.49. The average Bonchev–Trinajstić information content (AvgIpc) is 2.98. The molecule has 10 heteroatoms. The predicted molar refractivity (Wildman–Crippen MR) is 60.0 cm³/mol. The second-order valence-electron chi connectivity index (χ2n) is 4.20. The van der Waals surface area contributed by atoms with Crippen LogP contribution in [0.25, 0.3) is 0 Å². The standard InChI is InChI=1S/C9H14N6O4/c1-4(7-12-14-15-13-7)10-9(18)11-6-3-19-2-5(6)8(16)17/h4-6H,2-3H2,1H3,(H,16,17)(H2,10,11,18)(H,12,13,14,15). The molecule has 104 valence electrons. The molecule has 2 heterocycles. The summed E-state index contributed by atoms with van der Waals surface area (Å²) in [6.07, 6.45) is 0. The minimum atomic E-state index is -0.992. The van der Waals surface area contributed by atoms with Crippen LogP contribution in [0, 0.1) is 5.92 Å². The number of rotatable bonds is 4. The van der Waals surface area contributed by atoms with E-state index in [4.69, 9.17) is 9.84 Å². The fourth-order valence-corrected chi connectivity index (χ4v) is 1.76. The van der Waals surface area contributed by atoms with Gasteiger partial charge in [0.15, 0.2) is 5.82 Å². The molecule has 2 amide bonds. The molecule has 1 saturated heterocycles. The zero-order valence-corrected chi connectivity index (χ0v) is 10.2. The van der Waals surface area contributed by atoms with Crippen molar-refractivity contribution in [3.05, 3.63) is 5.82 Å². The lowest BCUT2D eigenvalue weighted by Crippen LogP contribution is -2.47. The van der Waals surface area contributed by atoms with Gasteiger partial charge >= 0.3 is 12.0 Å². The highest BCUT2D eigenvalue weighted by molar-refractivity contribution is 5.77. The molecule has 0 aromatic carbocycles. The molecule has 1 aliphatic rings. The van der Waals surface area contributed by atoms with Crippen molar-refractivity contribution < 1.29 is 19.4 Å². The summed E-state index contributed by atoms with van der Waals surface area (Å²) in [5.74, 6) is -1.38. The van der Waals surface area contributed by atoms with Crippen LogP contribution in [0.15, 0.2) is 0 Å². The molecule has 1 fully saturated rings. The molecule has 0 bridgehead atoms. The quantitative estimate of drug-likeness (QED) is 0.530. The smallest absolute Gasteiger partial charge is 0.315 e. The van der Waals surface area contributed by atoms with Crippen molar-refractivity contribution in [1.82, 2.24) is 31.3 Å². The Morgan fingerprint density at radius 2 is 2.32 bits per heavy atom. The first-order valence-corrected chi connectivity index (χ1v) is 5.69. The fraction of sp³-hybridized carbons (Fsp3) is 0.667. The summed E-state index contributed by atoms with van der Waals surface area (Å²) in [7, 11) is 0. The fourth-order valence-electron chi connectivity index (χ4n) is 1.76. The first kappa shape index (κ1) is 13.2. The van der Waals surface area contributed by atoms with Crippen molar-refractivity contribution in [2.45, 2.75) is 19.0 Å². The maximum absolute atomic E-state index is 11.7. The normalized spacial score (nSPS) is 23.8. The molecule has 1 aliphatic heterocycles. The lowest BCUT2D eigenvalue weighted by atomic mass is 10.0. The number of hydrogen-bond donors (Lipinski definition) is 4. The van der Waals surface area contributed by atoms with Crippen molar-refractivity contribution in [2.75, 3.05) is 13.2 Å². The lowest BCUT2D eigenvalue weighted by Gasteiger charge is -2.17. The minimum absolute atomic E-state index is 0.0979. The van der Waals surface area contributed by atoms with Crippen LogP contribution in [0.4, 0.5) is 4.79 Å². The van der Waals surface area contributed by atoms with Crippen LogP contribution in [-0.4, -0.2) is 57.0 Å². The first-order chi connectivity index (χ1) is 9.08. The maximum atomic E-state index is 11.7. The van der Waals surface area contributed by atoms with Gasteiger partial charge in [-0.2, -0.15) is 5.21 Å². The number of ether oxygens (including phenoxy) is 1. The minimum Gasteiger partial charge on any atom is -0.481 e. The van der Waals surface area contributed by atoms with E-state index in [1.807, 2.05) is 0 Å². The average molecular weight is 270 g/mol. The monoisotopic (exact) mass is 270 g/mol. The lowest BCUT2D eigenvalue weighted by molar-refractivity contribution is -0.142. The van der Waals surface area contributed by atoms with Crippen molar-refractivity contribution in [3.63, 3.8) is 0 Å². The third-order valence-corrected chi connectivity index (χ3v) is 2.81. The Bertz CT molecular complexity index is 450. The second kappa shape index (κ2) is 5.61. The van der Waals surface area contributed by atoms with E-state index in [9.17, 15) is 9.59 Å². The Hall–Kier alpha value is -2.23. The highest BCUT2D eigenvalue weighted by Crippen LogP contribution is 2.14. The van der Waals surface area contributed by atoms with E-state index in [0.717, 1.165) is 0 Å². The second-order valence-corrected chi connectivity index (χ2v) is 4.20. The molecule has 2 rings (SSSR count). The molecule has 3 unspecified atom stereocenters. The number of H-pyrrole nitrogens is 1. The third-order valence-electron chi connectivity index (χ3n) is 2.81. The molecule has 0 spiro atoms. The Labute approximate surface area is 107 Å². The summed E-state index contributed by atoms with van der Waals surface area (Å²) in [5.41, 5.74) is 0. The number of carbonyl (C=O) groups is 2. The molecule has 3 atom stereocenters. The predicted octanol–water partition coefficient (Wildman–Crippen LogP) is -1.34. The van der Waals surface area contributed by atoms with Crippen molar-refractivity contribution in [1.29, 1.82) is 0 Å². The van der Waals surface area contributed by atoms with Gasteiger partial charge in [-0.1, -0.05) is 5.21 Å². The Morgan fingerprint density at radius 1 is 1.53 bits per heavy atom. The molecule has 10 nitrogen and oxygen atoms in total. The number of aromatic nitrogens is 4. The number of aliphatic carboxylic acids is 1. The molecule has 19 heavy (non-hydrogen) atoms. The van der Waals surface area contributed by atoms with Gasteiger partial charge in [-0.15, -0.1) is 10.2 Å². The number of nitrogens with one attached hydrogen (secondary N) is 3. The molecule has 4 N–H and O–H groups in total. The van der Waals surface area contributed by atoms with Crippen molar-refractivity contribution >= 4 is 12.0 Å². The molecule has 1 aromatic heterocycles. The summed E-state index contributed by atoms with van der Waals surface area (Å²) < 4.78 is 5.05. The summed E-state index contributed by atoms with van der Waals surface area (Å²) >= 11 is 0. The Kier molecular flexibility index (Phi) is 3.90. The van der Waals surface area contributed by atoms with Gasteiger partial charge in [0.05, 0.1) is 25.3 Å². The number of aromatic amines is 1. The number of tetrazole rings is 1. The van der Waals surface area contributed by atoms with Gasteiger partial charge in [0.1, 0.15) is 5.92 Å². The highest BCUT2D eigenvalue weighted by Gasteiger charge is 2.35. The van der Waals surface area contributed by atoms with Gasteiger partial charge in [0, 0.05) is 0 Å². The molecule has 1 aromatic rings. The van der Waals surface area contributed by atoms with Gasteiger partial charge in [-0.3, -0.25) is 4.79 Å². The maximum Gasteiger partial charge on any atom is 0.315 e. The number of carboxylic acid groups (broad SMARTS) is 1. The number of amides is 2. The van der Waals surface area contributed by atoms with E-state index in [1.54, 1.807) is 6.92 Å². The van der Waals surface area contributed by atoms with Crippen LogP contribution in [0.2, 0.25) is 0 Å². The summed E-state index contributed by atoms with van der Waals surface area (Å²) in [6.45, 7) is 1.96. The van der Waals surface area contributed by atoms with Gasteiger partial charge in [0.25, 0.3) is 0 Å². The van der Waals surface area contributed by atoms with E-state index in [2.05, 4.69) is 31.3 Å². The van der Waals surface area contributed by atoms with Gasteiger partial charge in [0.2, 0.25) is 0 Å². The SMILES string of the molecule is CC(NC(=O)NC1COCC1C(=O)O)c1nn[nH]n1. The number of hydrogen-bond acceptors (Lipinski definition) is 6. The summed E-state index contributed by atoms with van der Waals surface area (Å²) in [4.78, 5) is 22.6. The topological polar surface area (TPSA) is 142 Å². The van der Waals surface area contributed by atoms with Crippen LogP contribution in [-0.2, 0) is 9.53 Å². The van der Waals surface area contributed by atoms with Gasteiger partial charge < -0.3 is 20.5 Å². The van der Waals surface area contributed by atoms with Gasteiger partial charge in [-0.05, 0) is 6.92 Å². The van der Waals surface area contributed by atoms with Crippen LogP contribution < -0.4 is 10.6 Å². The first-order valence-electron chi connectivity index (χ1n) is 5.69. The number of urea groups is 1. The van der Waals surface area contributed by atoms with Crippen LogP contribution in [0.5, 0.6) is 0 Å². The van der Waals surface area contributed by atoms with Gasteiger partial charge in [-0.25, -0.2) is 4.79 Å². The van der Waals surface area contributed by atoms with E-state index in [-0.39, 0.29) is 13.2 Å². The molecule has 0 saturated carbocycles. The number of nitrogens with zero attached hydrogens (tertiary/aromatic N) is 3. The van der Waals surface area contributed by atoms with E-state index >= 15 is 0 Å². The molecule has 0 radical (unpaired) electrons. The molecular weight excluding hydrogens is 256 g/mol. The molecule has 0 aliphatic carbocycles. The zero-order valence-electron chi connectivity index (χ0n) is 10.2. The number of carboxylic acids is 1. The van der Waals surface area contributed by atoms with Crippen molar-refractivity contribution in [2.24, 2.45) is 5.92 Å².